The average Bonchev–Trinajstić information content (AvgIpc) is 2.39. The molecule has 110 valence electrons. The molecule has 4 nitrogen and oxygen atoms in total. The molecule has 0 bridgehead atoms. The Hall–Kier alpha value is -0.630. The van der Waals surface area contributed by atoms with E-state index in [-0.39, 0.29) is 16.8 Å². The monoisotopic (exact) mass is 330 g/mol. The number of thiocarbonyl (C=S) groups is 1. The molecule has 0 saturated carbocycles. The van der Waals surface area contributed by atoms with Gasteiger partial charge in [0.05, 0.1) is 5.75 Å². The van der Waals surface area contributed by atoms with E-state index in [1.54, 1.807) is 24.3 Å². The minimum Gasteiger partial charge on any atom is -0.389 e. The number of nitrogens with two attached hydrogens (primary N) is 1. The first-order valence-electron chi connectivity index (χ1n) is 6.43. The van der Waals surface area contributed by atoms with Gasteiger partial charge in [0.2, 0.25) is 10.0 Å². The van der Waals surface area contributed by atoms with Gasteiger partial charge >= 0.3 is 0 Å². The Labute approximate surface area is 129 Å². The van der Waals surface area contributed by atoms with E-state index in [0.717, 1.165) is 24.3 Å². The molecule has 1 saturated heterocycles. The van der Waals surface area contributed by atoms with Crippen molar-refractivity contribution in [1.82, 2.24) is 4.72 Å². The normalized spacial score (nSPS) is 17.0. The summed E-state index contributed by atoms with van der Waals surface area (Å²) in [6.45, 7) is 0. The fourth-order valence-corrected chi connectivity index (χ4v) is 4.82. The maximum absolute atomic E-state index is 12.2. The fraction of sp³-hybridized carbons (Fsp3) is 0.462. The summed E-state index contributed by atoms with van der Waals surface area (Å²) in [6, 6.07) is 7.14. The highest BCUT2D eigenvalue weighted by molar-refractivity contribution is 7.99. The Balaban J connectivity index is 2.03. The van der Waals surface area contributed by atoms with Crippen LogP contribution in [0.5, 0.6) is 0 Å². The van der Waals surface area contributed by atoms with Crippen LogP contribution in [0.2, 0.25) is 0 Å². The number of rotatable bonds is 5. The smallest absolute Gasteiger partial charge is 0.216 e. The quantitative estimate of drug-likeness (QED) is 0.803. The minimum atomic E-state index is -3.32. The third-order valence-corrected chi connectivity index (χ3v) is 5.83. The lowest BCUT2D eigenvalue weighted by Gasteiger charge is -2.22. The second-order valence-corrected chi connectivity index (χ2v) is 8.25. The summed E-state index contributed by atoms with van der Waals surface area (Å²) < 4.78 is 27.1. The molecule has 0 amide bonds. The van der Waals surface area contributed by atoms with E-state index in [9.17, 15) is 8.42 Å². The first-order chi connectivity index (χ1) is 9.46. The highest BCUT2D eigenvalue weighted by atomic mass is 32.2. The van der Waals surface area contributed by atoms with Gasteiger partial charge in [-0.25, -0.2) is 13.1 Å². The second-order valence-electron chi connectivity index (χ2n) is 4.83. The molecular weight excluding hydrogens is 312 g/mol. The number of nitrogens with one attached hydrogen (secondary N) is 1. The summed E-state index contributed by atoms with van der Waals surface area (Å²) in [5, 5.41) is 0. The van der Waals surface area contributed by atoms with Crippen molar-refractivity contribution in [3.63, 3.8) is 0 Å². The van der Waals surface area contributed by atoms with E-state index >= 15 is 0 Å². The molecule has 3 N–H and O–H groups in total. The average molecular weight is 331 g/mol. The topological polar surface area (TPSA) is 72.2 Å². The molecule has 1 aromatic carbocycles. The molecule has 0 atom stereocenters. The predicted octanol–water partition coefficient (Wildman–Crippen LogP) is 1.64. The van der Waals surface area contributed by atoms with Crippen molar-refractivity contribution in [2.24, 2.45) is 5.73 Å². The van der Waals surface area contributed by atoms with Gasteiger partial charge in [0.1, 0.15) is 4.99 Å². The summed E-state index contributed by atoms with van der Waals surface area (Å²) in [5.74, 6) is 2.00. The molecule has 1 aromatic rings. The number of sulfonamides is 1. The van der Waals surface area contributed by atoms with Crippen molar-refractivity contribution >= 4 is 39.0 Å². The van der Waals surface area contributed by atoms with E-state index < -0.39 is 10.0 Å². The van der Waals surface area contributed by atoms with Gasteiger partial charge in [-0.15, -0.1) is 0 Å². The third-order valence-electron chi connectivity index (χ3n) is 3.14. The molecule has 0 aliphatic carbocycles. The first kappa shape index (κ1) is 15.8. The van der Waals surface area contributed by atoms with Crippen molar-refractivity contribution in [3.05, 3.63) is 35.4 Å². The van der Waals surface area contributed by atoms with Crippen molar-refractivity contribution < 1.29 is 8.42 Å². The highest BCUT2D eigenvalue weighted by Crippen LogP contribution is 2.18. The van der Waals surface area contributed by atoms with E-state index in [2.05, 4.69) is 4.72 Å². The zero-order chi connectivity index (χ0) is 14.6. The summed E-state index contributed by atoms with van der Waals surface area (Å²) >= 11 is 6.77. The van der Waals surface area contributed by atoms with Gasteiger partial charge in [0.15, 0.2) is 0 Å². The Morgan fingerprint density at radius 1 is 1.40 bits per heavy atom. The van der Waals surface area contributed by atoms with Crippen LogP contribution in [0.25, 0.3) is 0 Å². The lowest BCUT2D eigenvalue weighted by atomic mass is 10.1. The van der Waals surface area contributed by atoms with E-state index in [0.29, 0.717) is 11.1 Å². The van der Waals surface area contributed by atoms with Gasteiger partial charge in [-0.1, -0.05) is 30.4 Å². The molecule has 20 heavy (non-hydrogen) atoms. The zero-order valence-electron chi connectivity index (χ0n) is 11.0. The van der Waals surface area contributed by atoms with Gasteiger partial charge < -0.3 is 5.73 Å². The zero-order valence-corrected chi connectivity index (χ0v) is 13.5. The van der Waals surface area contributed by atoms with Crippen molar-refractivity contribution in [2.45, 2.75) is 24.6 Å². The number of hydrogen-bond acceptors (Lipinski definition) is 4. The van der Waals surface area contributed by atoms with Gasteiger partial charge in [-0.2, -0.15) is 11.8 Å². The summed E-state index contributed by atoms with van der Waals surface area (Å²) in [5.41, 5.74) is 6.96. The van der Waals surface area contributed by atoms with Crippen LogP contribution in [-0.2, 0) is 15.8 Å². The van der Waals surface area contributed by atoms with Crippen LogP contribution in [0.4, 0.5) is 0 Å². The highest BCUT2D eigenvalue weighted by Gasteiger charge is 2.20. The van der Waals surface area contributed by atoms with Crippen LogP contribution >= 0.6 is 24.0 Å². The minimum absolute atomic E-state index is 0.0346. The van der Waals surface area contributed by atoms with E-state index in [1.165, 1.54) is 0 Å². The largest absolute Gasteiger partial charge is 0.389 e. The van der Waals surface area contributed by atoms with Crippen LogP contribution < -0.4 is 10.5 Å². The van der Waals surface area contributed by atoms with Gasteiger partial charge in [-0.3, -0.25) is 0 Å². The van der Waals surface area contributed by atoms with Crippen molar-refractivity contribution in [2.75, 3.05) is 11.5 Å². The van der Waals surface area contributed by atoms with Crippen LogP contribution in [0.1, 0.15) is 24.0 Å². The molecule has 1 heterocycles. The van der Waals surface area contributed by atoms with Crippen LogP contribution in [-0.4, -0.2) is 31.0 Å². The lowest BCUT2D eigenvalue weighted by molar-refractivity contribution is 0.528. The third kappa shape index (κ3) is 4.73. The molecule has 0 unspecified atom stereocenters. The first-order valence-corrected chi connectivity index (χ1v) is 9.64. The Morgan fingerprint density at radius 3 is 2.75 bits per heavy atom. The standard InChI is InChI=1S/C13H18N2O2S3/c14-13(18)11-3-1-2-10(8-11)9-20(16,17)15-12-4-6-19-7-5-12/h1-3,8,12,15H,4-7,9H2,(H2,14,18). The molecule has 0 aromatic heterocycles. The number of benzene rings is 1. The molecule has 1 aliphatic rings. The lowest BCUT2D eigenvalue weighted by Crippen LogP contribution is -2.38. The SMILES string of the molecule is NC(=S)c1cccc(CS(=O)(=O)NC2CCSCC2)c1. The summed E-state index contributed by atoms with van der Waals surface area (Å²) in [7, 11) is -3.32. The molecular formula is C13H18N2O2S3. The van der Waals surface area contributed by atoms with Gasteiger partial charge in [0, 0.05) is 11.6 Å². The molecule has 1 fully saturated rings. The molecule has 7 heteroatoms. The Morgan fingerprint density at radius 2 is 2.10 bits per heavy atom. The molecule has 0 radical (unpaired) electrons. The number of thioether (sulfide) groups is 1. The van der Waals surface area contributed by atoms with Gasteiger partial charge in [-0.05, 0) is 36.0 Å². The van der Waals surface area contributed by atoms with Crippen molar-refractivity contribution in [1.29, 1.82) is 0 Å². The molecule has 0 spiro atoms. The fourth-order valence-electron chi connectivity index (χ4n) is 2.14. The van der Waals surface area contributed by atoms with Crippen molar-refractivity contribution in [3.8, 4) is 0 Å². The van der Waals surface area contributed by atoms with Gasteiger partial charge in [0.25, 0.3) is 0 Å². The van der Waals surface area contributed by atoms with Crippen LogP contribution in [0.3, 0.4) is 0 Å². The molecule has 2 rings (SSSR count). The maximum atomic E-state index is 12.2. The Kier molecular flexibility index (Phi) is 5.42. The Bertz CT molecular complexity index is 581. The van der Waals surface area contributed by atoms with Crippen LogP contribution in [0, 0.1) is 0 Å². The number of hydrogen-bond donors (Lipinski definition) is 2. The van der Waals surface area contributed by atoms with E-state index in [1.807, 2.05) is 11.8 Å². The molecule has 1 aliphatic heterocycles. The van der Waals surface area contributed by atoms with E-state index in [4.69, 9.17) is 18.0 Å². The van der Waals surface area contributed by atoms with Crippen LogP contribution in [0.15, 0.2) is 24.3 Å². The second kappa shape index (κ2) is 6.89. The summed E-state index contributed by atoms with van der Waals surface area (Å²) in [6.07, 6.45) is 1.80. The summed E-state index contributed by atoms with van der Waals surface area (Å²) in [4.78, 5) is 0.279. The predicted molar refractivity (Wildman–Crippen MR) is 88.4 cm³/mol. The maximum Gasteiger partial charge on any atom is 0.216 e.